The van der Waals surface area contributed by atoms with E-state index in [1.165, 1.54) is 12.1 Å². The largest absolute Gasteiger partial charge is 0.424 e. The second-order valence-corrected chi connectivity index (χ2v) is 6.14. The van der Waals surface area contributed by atoms with Gasteiger partial charge in [0, 0.05) is 11.7 Å². The molecule has 0 heterocycles. The summed E-state index contributed by atoms with van der Waals surface area (Å²) in [5.41, 5.74) is 0.599. The Morgan fingerprint density at radius 2 is 1.59 bits per heavy atom. The van der Waals surface area contributed by atoms with Gasteiger partial charge in [-0.15, -0.1) is 0 Å². The van der Waals surface area contributed by atoms with Crippen LogP contribution >= 0.6 is 0 Å². The van der Waals surface area contributed by atoms with Crippen LogP contribution in [0.2, 0.25) is 0 Å². The molecule has 2 aromatic carbocycles. The van der Waals surface area contributed by atoms with E-state index in [-0.39, 0.29) is 24.4 Å². The van der Waals surface area contributed by atoms with E-state index >= 15 is 0 Å². The lowest BCUT2D eigenvalue weighted by Crippen LogP contribution is -2.31. The Kier molecular flexibility index (Phi) is 9.34. The van der Waals surface area contributed by atoms with E-state index in [0.29, 0.717) is 16.9 Å². The zero-order valence-electron chi connectivity index (χ0n) is 16.9. The molecule has 0 unspecified atom stereocenters. The quantitative estimate of drug-likeness (QED) is 0.361. The van der Waals surface area contributed by atoms with Crippen molar-refractivity contribution in [2.24, 2.45) is 0 Å². The Labute approximate surface area is 169 Å². The Morgan fingerprint density at radius 3 is 2.14 bits per heavy atom. The predicted molar refractivity (Wildman–Crippen MR) is 111 cm³/mol. The van der Waals surface area contributed by atoms with Gasteiger partial charge in [0.2, 0.25) is 11.8 Å². The van der Waals surface area contributed by atoms with Crippen molar-refractivity contribution in [2.45, 2.75) is 39.9 Å². The van der Waals surface area contributed by atoms with Crippen molar-refractivity contribution in [3.63, 3.8) is 0 Å². The highest BCUT2D eigenvalue weighted by Gasteiger charge is 2.29. The SMILES string of the molecule is CC.CC(C)NCC(=N)OC(=N)c1ccccc1Nc1ccc(C(F)(F)F)cc1. The fourth-order valence-electron chi connectivity index (χ4n) is 2.20. The molecule has 0 aliphatic carbocycles. The van der Waals surface area contributed by atoms with Crippen LogP contribution in [0, 0.1) is 10.8 Å². The first-order valence-corrected chi connectivity index (χ1v) is 9.27. The van der Waals surface area contributed by atoms with E-state index in [2.05, 4.69) is 10.6 Å². The van der Waals surface area contributed by atoms with E-state index in [1.807, 2.05) is 27.7 Å². The third kappa shape index (κ3) is 7.95. The maximum atomic E-state index is 12.7. The summed E-state index contributed by atoms with van der Waals surface area (Å²) in [6, 6.07) is 11.5. The van der Waals surface area contributed by atoms with Gasteiger partial charge in [0.1, 0.15) is 0 Å². The molecule has 5 nitrogen and oxygen atoms in total. The van der Waals surface area contributed by atoms with Crippen LogP contribution in [0.5, 0.6) is 0 Å². The highest BCUT2D eigenvalue weighted by molar-refractivity contribution is 6.03. The van der Waals surface area contributed by atoms with Crippen LogP contribution in [0.4, 0.5) is 24.5 Å². The lowest BCUT2D eigenvalue weighted by Gasteiger charge is -2.15. The number of para-hydroxylation sites is 1. The molecular weight excluding hydrogens is 381 g/mol. The molecule has 0 bridgehead atoms. The molecule has 4 N–H and O–H groups in total. The first-order valence-electron chi connectivity index (χ1n) is 9.27. The fourth-order valence-corrected chi connectivity index (χ4v) is 2.20. The maximum absolute atomic E-state index is 12.7. The van der Waals surface area contributed by atoms with Crippen molar-refractivity contribution in [2.75, 3.05) is 11.9 Å². The Balaban J connectivity index is 0.00000204. The van der Waals surface area contributed by atoms with Gasteiger partial charge in [-0.05, 0) is 36.4 Å². The minimum absolute atomic E-state index is 0.0990. The molecule has 0 aliphatic heterocycles. The van der Waals surface area contributed by atoms with Gasteiger partial charge >= 0.3 is 6.18 Å². The van der Waals surface area contributed by atoms with Crippen LogP contribution in [0.3, 0.4) is 0 Å². The molecule has 2 rings (SSSR count). The smallest absolute Gasteiger partial charge is 0.416 e. The fraction of sp³-hybridized carbons (Fsp3) is 0.333. The molecule has 0 aliphatic rings. The summed E-state index contributed by atoms with van der Waals surface area (Å²) in [5.74, 6) is -0.321. The van der Waals surface area contributed by atoms with Crippen molar-refractivity contribution in [3.05, 3.63) is 59.7 Å². The monoisotopic (exact) mass is 408 g/mol. The summed E-state index contributed by atoms with van der Waals surface area (Å²) in [6.45, 7) is 8.05. The van der Waals surface area contributed by atoms with Crippen molar-refractivity contribution < 1.29 is 17.9 Å². The van der Waals surface area contributed by atoms with Gasteiger partial charge in [-0.1, -0.05) is 39.8 Å². The van der Waals surface area contributed by atoms with Crippen LogP contribution in [0.15, 0.2) is 48.5 Å². The summed E-state index contributed by atoms with van der Waals surface area (Å²) in [6.07, 6.45) is -4.39. The molecular formula is C21H27F3N4O. The second kappa shape index (κ2) is 11.2. The van der Waals surface area contributed by atoms with Gasteiger partial charge in [-0.3, -0.25) is 10.8 Å². The van der Waals surface area contributed by atoms with Crippen LogP contribution in [-0.4, -0.2) is 24.4 Å². The van der Waals surface area contributed by atoms with E-state index in [4.69, 9.17) is 15.6 Å². The highest BCUT2D eigenvalue weighted by atomic mass is 19.4. The molecule has 0 amide bonds. The summed E-state index contributed by atoms with van der Waals surface area (Å²) < 4.78 is 43.2. The van der Waals surface area contributed by atoms with Crippen LogP contribution in [0.25, 0.3) is 0 Å². The zero-order chi connectivity index (χ0) is 22.0. The van der Waals surface area contributed by atoms with Gasteiger partial charge in [0.05, 0.1) is 23.4 Å². The predicted octanol–water partition coefficient (Wildman–Crippen LogP) is 5.79. The lowest BCUT2D eigenvalue weighted by molar-refractivity contribution is -0.137. The molecule has 0 radical (unpaired) electrons. The van der Waals surface area contributed by atoms with E-state index < -0.39 is 11.7 Å². The Bertz CT molecular complexity index is 802. The first kappa shape index (κ1) is 24.2. The third-order valence-electron chi connectivity index (χ3n) is 3.56. The van der Waals surface area contributed by atoms with Crippen molar-refractivity contribution >= 4 is 23.2 Å². The summed E-state index contributed by atoms with van der Waals surface area (Å²) in [7, 11) is 0. The number of anilines is 2. The average molecular weight is 408 g/mol. The Hall–Kier alpha value is -2.87. The molecule has 0 saturated carbocycles. The number of rotatable bonds is 6. The molecule has 158 valence electrons. The zero-order valence-corrected chi connectivity index (χ0v) is 16.9. The first-order chi connectivity index (χ1) is 13.7. The second-order valence-electron chi connectivity index (χ2n) is 6.14. The molecule has 8 heteroatoms. The standard InChI is InChI=1S/C19H21F3N4O.C2H6/c1-12(2)25-11-17(23)27-18(24)15-5-3-4-6-16(15)26-14-9-7-13(8-10-14)19(20,21)22;1-2/h3-10,12,23-26H,11H2,1-2H3;1-2H3. The number of hydrogen-bond donors (Lipinski definition) is 4. The number of ether oxygens (including phenoxy) is 1. The minimum Gasteiger partial charge on any atom is -0.424 e. The number of benzene rings is 2. The molecule has 0 atom stereocenters. The minimum atomic E-state index is -4.39. The average Bonchev–Trinajstić information content (AvgIpc) is 2.68. The van der Waals surface area contributed by atoms with Crippen LogP contribution in [-0.2, 0) is 10.9 Å². The van der Waals surface area contributed by atoms with Gasteiger partial charge < -0.3 is 15.4 Å². The topological polar surface area (TPSA) is 81.0 Å². The van der Waals surface area contributed by atoms with Crippen molar-refractivity contribution in [3.8, 4) is 0 Å². The number of alkyl halides is 3. The maximum Gasteiger partial charge on any atom is 0.416 e. The van der Waals surface area contributed by atoms with Crippen LogP contribution in [0.1, 0.15) is 38.8 Å². The van der Waals surface area contributed by atoms with E-state index in [1.54, 1.807) is 24.3 Å². The lowest BCUT2D eigenvalue weighted by atomic mass is 10.1. The molecule has 2 aromatic rings. The molecule has 0 aromatic heterocycles. The Morgan fingerprint density at radius 1 is 1.00 bits per heavy atom. The number of halogens is 3. The van der Waals surface area contributed by atoms with Crippen molar-refractivity contribution in [1.82, 2.24) is 5.32 Å². The summed E-state index contributed by atoms with van der Waals surface area (Å²) in [4.78, 5) is 0. The third-order valence-corrected chi connectivity index (χ3v) is 3.56. The summed E-state index contributed by atoms with van der Waals surface area (Å²) >= 11 is 0. The van der Waals surface area contributed by atoms with Crippen LogP contribution < -0.4 is 10.6 Å². The van der Waals surface area contributed by atoms with E-state index in [0.717, 1.165) is 12.1 Å². The highest BCUT2D eigenvalue weighted by Crippen LogP contribution is 2.30. The van der Waals surface area contributed by atoms with Gasteiger partial charge in [0.25, 0.3) is 0 Å². The number of nitrogens with one attached hydrogen (secondary N) is 4. The van der Waals surface area contributed by atoms with Gasteiger partial charge in [0.15, 0.2) is 0 Å². The molecule has 0 spiro atoms. The van der Waals surface area contributed by atoms with Gasteiger partial charge in [-0.2, -0.15) is 13.2 Å². The molecule has 29 heavy (non-hydrogen) atoms. The molecule has 0 saturated heterocycles. The summed E-state index contributed by atoms with van der Waals surface area (Å²) in [5, 5.41) is 21.9. The normalized spacial score (nSPS) is 10.8. The number of hydrogen-bond acceptors (Lipinski definition) is 5. The molecule has 0 fully saturated rings. The van der Waals surface area contributed by atoms with Crippen molar-refractivity contribution in [1.29, 1.82) is 10.8 Å². The van der Waals surface area contributed by atoms with E-state index in [9.17, 15) is 13.2 Å². The van der Waals surface area contributed by atoms with Gasteiger partial charge in [-0.25, -0.2) is 0 Å².